The Kier molecular flexibility index (Phi) is 8.75. The van der Waals surface area contributed by atoms with Gasteiger partial charge in [0.2, 0.25) is 0 Å². The van der Waals surface area contributed by atoms with Gasteiger partial charge in [0, 0.05) is 46.4 Å². The van der Waals surface area contributed by atoms with Crippen LogP contribution in [0.5, 0.6) is 0 Å². The van der Waals surface area contributed by atoms with E-state index in [0.29, 0.717) is 25.4 Å². The second-order valence-electron chi connectivity index (χ2n) is 6.80. The molecule has 0 radical (unpaired) electrons. The molecule has 9 nitrogen and oxygen atoms in total. The Balaban J connectivity index is 2.10. The summed E-state index contributed by atoms with van der Waals surface area (Å²) in [4.78, 5) is 28.5. The van der Waals surface area contributed by atoms with Crippen LogP contribution in [0, 0.1) is 5.21 Å². The Morgan fingerprint density at radius 2 is 1.83 bits per heavy atom. The van der Waals surface area contributed by atoms with Crippen LogP contribution in [-0.2, 0) is 20.8 Å². The van der Waals surface area contributed by atoms with E-state index in [1.165, 1.54) is 18.2 Å². The number of amides is 1. The van der Waals surface area contributed by atoms with Crippen LogP contribution in [0.15, 0.2) is 48.5 Å². The molecular formula is C21H27N3O6. The van der Waals surface area contributed by atoms with Crippen LogP contribution in [0.3, 0.4) is 0 Å². The lowest BCUT2D eigenvalue weighted by atomic mass is 10.1. The van der Waals surface area contributed by atoms with Gasteiger partial charge in [-0.25, -0.2) is 10.0 Å². The molecule has 0 aliphatic rings. The van der Waals surface area contributed by atoms with Crippen LogP contribution in [0.1, 0.15) is 15.9 Å². The number of esters is 1. The number of benzene rings is 2. The Morgan fingerprint density at radius 1 is 1.13 bits per heavy atom. The first-order valence-electron chi connectivity index (χ1n) is 9.36. The van der Waals surface area contributed by atoms with Gasteiger partial charge >= 0.3 is 5.97 Å². The Labute approximate surface area is 175 Å². The molecule has 0 spiro atoms. The van der Waals surface area contributed by atoms with Crippen molar-refractivity contribution in [2.45, 2.75) is 6.54 Å². The van der Waals surface area contributed by atoms with Gasteiger partial charge in [0.1, 0.15) is 0 Å². The van der Waals surface area contributed by atoms with Crippen LogP contribution in [0.2, 0.25) is 0 Å². The summed E-state index contributed by atoms with van der Waals surface area (Å²) in [7, 11) is 5.00. The molecule has 0 heterocycles. The molecular weight excluding hydrogens is 390 g/mol. The summed E-state index contributed by atoms with van der Waals surface area (Å²) in [5, 5.41) is 19.3. The molecule has 1 unspecified atom stereocenters. The van der Waals surface area contributed by atoms with Gasteiger partial charge in [0.15, 0.2) is 12.3 Å². The highest BCUT2D eigenvalue weighted by Gasteiger charge is 2.21. The summed E-state index contributed by atoms with van der Waals surface area (Å²) in [5.41, 5.74) is 1.49. The second kappa shape index (κ2) is 11.3. The van der Waals surface area contributed by atoms with Crippen LogP contribution in [0.4, 0.5) is 11.4 Å². The van der Waals surface area contributed by atoms with Gasteiger partial charge in [-0.15, -0.1) is 0 Å². The molecule has 0 saturated heterocycles. The topological polar surface area (TPSA) is 107 Å². The SMILES string of the molecule is COCCN(Cc1ccccc1)C(=O)COC(=O)c1cc([NH+]([O-])O)ccc1N(C)C. The minimum atomic E-state index is -1.15. The molecule has 0 aromatic heterocycles. The zero-order chi connectivity index (χ0) is 22.1. The number of hydrogen-bond donors (Lipinski definition) is 2. The van der Waals surface area contributed by atoms with E-state index < -0.39 is 17.8 Å². The molecule has 0 aliphatic carbocycles. The minimum Gasteiger partial charge on any atom is -0.595 e. The molecule has 162 valence electrons. The third-order valence-electron chi connectivity index (χ3n) is 4.41. The minimum absolute atomic E-state index is 0.0373. The number of carbonyl (C=O) groups is 2. The third-order valence-corrected chi connectivity index (χ3v) is 4.41. The van der Waals surface area contributed by atoms with Gasteiger partial charge in [0.05, 0.1) is 17.9 Å². The van der Waals surface area contributed by atoms with Crippen molar-refractivity contribution < 1.29 is 29.5 Å². The molecule has 1 atom stereocenters. The number of rotatable bonds is 10. The number of hydrogen-bond acceptors (Lipinski definition) is 7. The van der Waals surface area contributed by atoms with Crippen molar-refractivity contribution in [2.24, 2.45) is 0 Å². The number of quaternary nitrogens is 1. The molecule has 0 saturated carbocycles. The van der Waals surface area contributed by atoms with Crippen molar-refractivity contribution in [1.82, 2.24) is 4.90 Å². The molecule has 1 amide bonds. The first-order chi connectivity index (χ1) is 14.3. The average Bonchev–Trinajstić information content (AvgIpc) is 2.74. The van der Waals surface area contributed by atoms with E-state index in [0.717, 1.165) is 5.56 Å². The Morgan fingerprint density at radius 3 is 2.43 bits per heavy atom. The predicted octanol–water partition coefficient (Wildman–Crippen LogP) is 0.988. The summed E-state index contributed by atoms with van der Waals surface area (Å²) >= 11 is 0. The summed E-state index contributed by atoms with van der Waals surface area (Å²) in [6.45, 7) is 0.592. The highest BCUT2D eigenvalue weighted by molar-refractivity contribution is 5.97. The molecule has 2 aromatic rings. The van der Waals surface area contributed by atoms with Gasteiger partial charge < -0.3 is 24.5 Å². The van der Waals surface area contributed by atoms with Crippen molar-refractivity contribution in [1.29, 1.82) is 0 Å². The maximum Gasteiger partial charge on any atom is 0.340 e. The highest BCUT2D eigenvalue weighted by atomic mass is 16.8. The van der Waals surface area contributed by atoms with E-state index >= 15 is 0 Å². The third kappa shape index (κ3) is 6.53. The van der Waals surface area contributed by atoms with E-state index in [1.54, 1.807) is 31.0 Å². The number of carbonyl (C=O) groups excluding carboxylic acids is 2. The summed E-state index contributed by atoms with van der Waals surface area (Å²) in [6, 6.07) is 13.6. The maximum atomic E-state index is 12.7. The van der Waals surface area contributed by atoms with Crippen molar-refractivity contribution in [3.8, 4) is 0 Å². The Hall–Kier alpha value is -2.98. The monoisotopic (exact) mass is 417 g/mol. The lowest BCUT2D eigenvalue weighted by Gasteiger charge is -2.23. The van der Waals surface area contributed by atoms with Gasteiger partial charge in [0.25, 0.3) is 5.91 Å². The van der Waals surface area contributed by atoms with Crippen LogP contribution in [-0.4, -0.2) is 62.9 Å². The molecule has 9 heteroatoms. The standard InChI is InChI=1S/C21H27N3O6/c1-22(2)19-10-9-17(24(27)28)13-18(19)21(26)30-15-20(25)23(11-12-29-3)14-16-7-5-4-6-8-16/h4-10,13,24,27H,11-12,14-15H2,1-3H3. The number of ether oxygens (including phenoxy) is 2. The fourth-order valence-electron chi connectivity index (χ4n) is 2.82. The molecule has 0 fully saturated rings. The average molecular weight is 417 g/mol. The lowest BCUT2D eigenvalue weighted by Crippen LogP contribution is -2.99. The van der Waals surface area contributed by atoms with Crippen LogP contribution in [0.25, 0.3) is 0 Å². The van der Waals surface area contributed by atoms with Crippen LogP contribution < -0.4 is 10.1 Å². The number of nitrogens with one attached hydrogen (secondary N) is 1. The van der Waals surface area contributed by atoms with Crippen molar-refractivity contribution in [2.75, 3.05) is 45.9 Å². The summed E-state index contributed by atoms with van der Waals surface area (Å²) < 4.78 is 10.3. The summed E-state index contributed by atoms with van der Waals surface area (Å²) in [6.07, 6.45) is 0. The van der Waals surface area contributed by atoms with Gasteiger partial charge in [-0.3, -0.25) is 4.79 Å². The van der Waals surface area contributed by atoms with E-state index in [9.17, 15) is 20.0 Å². The second-order valence-corrected chi connectivity index (χ2v) is 6.80. The molecule has 0 bridgehead atoms. The zero-order valence-electron chi connectivity index (χ0n) is 17.3. The molecule has 30 heavy (non-hydrogen) atoms. The van der Waals surface area contributed by atoms with Crippen LogP contribution >= 0.6 is 0 Å². The molecule has 2 rings (SSSR count). The van der Waals surface area contributed by atoms with E-state index in [1.807, 2.05) is 30.3 Å². The molecule has 2 N–H and O–H groups in total. The first kappa shape index (κ1) is 23.3. The van der Waals surface area contributed by atoms with Crippen molar-refractivity contribution >= 4 is 23.3 Å². The van der Waals surface area contributed by atoms with E-state index in [2.05, 4.69) is 0 Å². The van der Waals surface area contributed by atoms with E-state index in [-0.39, 0.29) is 17.2 Å². The van der Waals surface area contributed by atoms with Gasteiger partial charge in [-0.05, 0) is 11.6 Å². The fourth-order valence-corrected chi connectivity index (χ4v) is 2.82. The summed E-state index contributed by atoms with van der Waals surface area (Å²) in [5.74, 6) is -1.13. The van der Waals surface area contributed by atoms with Crippen molar-refractivity contribution in [3.05, 3.63) is 64.9 Å². The lowest BCUT2D eigenvalue weighted by molar-refractivity contribution is -0.991. The zero-order valence-corrected chi connectivity index (χ0v) is 17.3. The Bertz CT molecular complexity index is 842. The highest BCUT2D eigenvalue weighted by Crippen LogP contribution is 2.22. The number of methoxy groups -OCH3 is 1. The quantitative estimate of drug-likeness (QED) is 0.438. The van der Waals surface area contributed by atoms with Gasteiger partial charge in [-0.1, -0.05) is 30.3 Å². The predicted molar refractivity (Wildman–Crippen MR) is 111 cm³/mol. The molecule has 0 aliphatic heterocycles. The fraction of sp³-hybridized carbons (Fsp3) is 0.333. The first-order valence-corrected chi connectivity index (χ1v) is 9.36. The maximum absolute atomic E-state index is 12.7. The largest absolute Gasteiger partial charge is 0.595 e. The number of anilines is 1. The van der Waals surface area contributed by atoms with E-state index in [4.69, 9.17) is 9.47 Å². The van der Waals surface area contributed by atoms with Crippen molar-refractivity contribution in [3.63, 3.8) is 0 Å². The normalized spacial score (nSPS) is 11.6. The smallest absolute Gasteiger partial charge is 0.340 e. The van der Waals surface area contributed by atoms with Gasteiger partial charge in [-0.2, -0.15) is 5.23 Å². The molecule has 2 aromatic carbocycles. The number of nitrogens with zero attached hydrogens (tertiary/aromatic N) is 2.